The fourth-order valence-corrected chi connectivity index (χ4v) is 4.35. The zero-order valence-electron chi connectivity index (χ0n) is 15.5. The molecule has 1 aromatic carbocycles. The Bertz CT molecular complexity index is 1240. The van der Waals surface area contributed by atoms with Crippen molar-refractivity contribution in [3.8, 4) is 5.88 Å². The number of aromatic nitrogens is 3. The Labute approximate surface area is 163 Å². The van der Waals surface area contributed by atoms with Crippen molar-refractivity contribution in [3.05, 3.63) is 62.2 Å². The van der Waals surface area contributed by atoms with Gasteiger partial charge in [0.2, 0.25) is 5.88 Å². The van der Waals surface area contributed by atoms with E-state index in [0.717, 1.165) is 5.39 Å². The molecule has 0 bridgehead atoms. The van der Waals surface area contributed by atoms with Crippen LogP contribution in [0.5, 0.6) is 5.88 Å². The maximum absolute atomic E-state index is 13.4. The van der Waals surface area contributed by atoms with Gasteiger partial charge in [0.25, 0.3) is 11.5 Å². The van der Waals surface area contributed by atoms with Crippen LogP contribution in [0.25, 0.3) is 10.9 Å². The van der Waals surface area contributed by atoms with E-state index in [1.807, 2.05) is 0 Å². The predicted octanol–water partition coefficient (Wildman–Crippen LogP) is 1.68. The predicted molar refractivity (Wildman–Crippen MR) is 103 cm³/mol. The van der Waals surface area contributed by atoms with Gasteiger partial charge >= 0.3 is 5.69 Å². The fourth-order valence-electron chi connectivity index (χ4n) is 4.35. The molecular formula is C20H19FN4O4. The van der Waals surface area contributed by atoms with Crippen LogP contribution < -0.4 is 16.0 Å². The standard InChI is InChI=1S/C20H19FN4O4/c21-12-3-2-11-8-15(22-14(11)9-12)18(27)25-6-1-4-20(5-7-25)10-13-16(26)23-19(28)24-17(13)29-20/h2-3,8-9,22H,1,4-7,10H2,(H2,23,24,26,28). The van der Waals surface area contributed by atoms with Gasteiger partial charge in [-0.25, -0.2) is 9.18 Å². The van der Waals surface area contributed by atoms with E-state index in [2.05, 4.69) is 15.0 Å². The number of nitrogens with one attached hydrogen (secondary N) is 3. The number of aromatic amines is 3. The van der Waals surface area contributed by atoms with Crippen LogP contribution in [0.4, 0.5) is 4.39 Å². The minimum Gasteiger partial charge on any atom is -0.471 e. The van der Waals surface area contributed by atoms with Crippen LogP contribution in [0.1, 0.15) is 35.3 Å². The average Bonchev–Trinajstić information content (AvgIpc) is 3.18. The minimum atomic E-state index is -0.599. The van der Waals surface area contributed by atoms with E-state index in [1.165, 1.54) is 12.1 Å². The molecule has 1 atom stereocenters. The van der Waals surface area contributed by atoms with Crippen molar-refractivity contribution in [2.24, 2.45) is 0 Å². The van der Waals surface area contributed by atoms with Gasteiger partial charge in [-0.2, -0.15) is 0 Å². The molecule has 4 heterocycles. The third-order valence-electron chi connectivity index (χ3n) is 5.82. The molecule has 3 aromatic rings. The summed E-state index contributed by atoms with van der Waals surface area (Å²) in [6, 6.07) is 6.09. The van der Waals surface area contributed by atoms with E-state index in [-0.39, 0.29) is 17.6 Å². The second-order valence-corrected chi connectivity index (χ2v) is 7.74. The number of benzene rings is 1. The van der Waals surface area contributed by atoms with Crippen molar-refractivity contribution in [1.29, 1.82) is 0 Å². The van der Waals surface area contributed by atoms with Crippen LogP contribution in [0.15, 0.2) is 33.9 Å². The van der Waals surface area contributed by atoms with Gasteiger partial charge in [0.1, 0.15) is 17.1 Å². The molecule has 0 saturated carbocycles. The number of rotatable bonds is 1. The normalized spacial score (nSPS) is 21.2. The number of carbonyl (C=O) groups excluding carboxylic acids is 1. The zero-order chi connectivity index (χ0) is 20.2. The Morgan fingerprint density at radius 3 is 2.83 bits per heavy atom. The summed E-state index contributed by atoms with van der Waals surface area (Å²) >= 11 is 0. The largest absolute Gasteiger partial charge is 0.471 e. The Hall–Kier alpha value is -3.36. The molecule has 150 valence electrons. The molecule has 0 radical (unpaired) electrons. The monoisotopic (exact) mass is 398 g/mol. The van der Waals surface area contributed by atoms with Crippen LogP contribution in [-0.4, -0.2) is 44.4 Å². The van der Waals surface area contributed by atoms with Crippen molar-refractivity contribution in [1.82, 2.24) is 19.9 Å². The molecule has 0 aliphatic carbocycles. The molecular weight excluding hydrogens is 379 g/mol. The third kappa shape index (κ3) is 3.02. The van der Waals surface area contributed by atoms with Crippen LogP contribution >= 0.6 is 0 Å². The lowest BCUT2D eigenvalue weighted by Gasteiger charge is -2.27. The van der Waals surface area contributed by atoms with Crippen LogP contribution in [0.2, 0.25) is 0 Å². The summed E-state index contributed by atoms with van der Waals surface area (Å²) in [6.45, 7) is 1.01. The highest BCUT2D eigenvalue weighted by Gasteiger charge is 2.43. The Kier molecular flexibility index (Phi) is 3.87. The van der Waals surface area contributed by atoms with E-state index in [9.17, 15) is 18.8 Å². The number of amides is 1. The van der Waals surface area contributed by atoms with Crippen LogP contribution in [0, 0.1) is 5.82 Å². The van der Waals surface area contributed by atoms with Crippen molar-refractivity contribution in [2.75, 3.05) is 13.1 Å². The number of ether oxygens (including phenoxy) is 1. The maximum Gasteiger partial charge on any atom is 0.328 e. The number of hydrogen-bond acceptors (Lipinski definition) is 4. The summed E-state index contributed by atoms with van der Waals surface area (Å²) in [5.74, 6) is -0.280. The van der Waals surface area contributed by atoms with E-state index in [4.69, 9.17) is 4.74 Å². The Morgan fingerprint density at radius 1 is 1.10 bits per heavy atom. The van der Waals surface area contributed by atoms with Crippen molar-refractivity contribution >= 4 is 16.8 Å². The van der Waals surface area contributed by atoms with Gasteiger partial charge in [-0.3, -0.25) is 19.6 Å². The van der Waals surface area contributed by atoms with Crippen molar-refractivity contribution in [3.63, 3.8) is 0 Å². The van der Waals surface area contributed by atoms with E-state index in [1.54, 1.807) is 17.0 Å². The van der Waals surface area contributed by atoms with Gasteiger partial charge < -0.3 is 14.6 Å². The first kappa shape index (κ1) is 17.7. The second-order valence-electron chi connectivity index (χ2n) is 7.74. The SMILES string of the molecule is O=C(c1cc2ccc(F)cc2[nH]1)N1CCCC2(CC1)Cc1c([nH]c(=O)[nH]c1=O)O2. The zero-order valence-corrected chi connectivity index (χ0v) is 15.5. The van der Waals surface area contributed by atoms with E-state index >= 15 is 0 Å². The topological polar surface area (TPSA) is 111 Å². The first-order valence-corrected chi connectivity index (χ1v) is 9.55. The lowest BCUT2D eigenvalue weighted by molar-refractivity contribution is 0.0655. The van der Waals surface area contributed by atoms with Gasteiger partial charge in [-0.1, -0.05) is 0 Å². The highest BCUT2D eigenvalue weighted by atomic mass is 19.1. The van der Waals surface area contributed by atoms with Crippen LogP contribution in [-0.2, 0) is 6.42 Å². The number of carbonyl (C=O) groups is 1. The number of halogens is 1. The minimum absolute atomic E-state index is 0.152. The highest BCUT2D eigenvalue weighted by molar-refractivity contribution is 5.98. The Balaban J connectivity index is 1.36. The summed E-state index contributed by atoms with van der Waals surface area (Å²) < 4.78 is 19.4. The summed E-state index contributed by atoms with van der Waals surface area (Å²) in [5.41, 5.74) is -0.176. The van der Waals surface area contributed by atoms with Crippen molar-refractivity contribution < 1.29 is 13.9 Å². The third-order valence-corrected chi connectivity index (χ3v) is 5.82. The second kappa shape index (κ2) is 6.33. The molecule has 3 N–H and O–H groups in total. The Morgan fingerprint density at radius 2 is 1.97 bits per heavy atom. The summed E-state index contributed by atoms with van der Waals surface area (Å²) in [4.78, 5) is 46.1. The van der Waals surface area contributed by atoms with Gasteiger partial charge in [-0.05, 0) is 37.1 Å². The number of nitrogens with zero attached hydrogens (tertiary/aromatic N) is 1. The molecule has 1 spiro atoms. The number of likely N-dealkylation sites (tertiary alicyclic amines) is 1. The molecule has 1 fully saturated rings. The molecule has 1 amide bonds. The quantitative estimate of drug-likeness (QED) is 0.579. The molecule has 2 aromatic heterocycles. The lowest BCUT2D eigenvalue weighted by Crippen LogP contribution is -2.37. The molecule has 5 rings (SSSR count). The number of fused-ring (bicyclic) bond motifs is 2. The first-order chi connectivity index (χ1) is 13.9. The summed E-state index contributed by atoms with van der Waals surface area (Å²) in [7, 11) is 0. The molecule has 1 unspecified atom stereocenters. The van der Waals surface area contributed by atoms with Gasteiger partial charge in [-0.15, -0.1) is 0 Å². The maximum atomic E-state index is 13.4. The molecule has 2 aliphatic heterocycles. The summed E-state index contributed by atoms with van der Waals surface area (Å²) in [6.07, 6.45) is 2.33. The van der Waals surface area contributed by atoms with Gasteiger partial charge in [0, 0.05) is 36.8 Å². The summed E-state index contributed by atoms with van der Waals surface area (Å²) in [5, 5.41) is 0.777. The first-order valence-electron chi connectivity index (χ1n) is 9.55. The molecule has 29 heavy (non-hydrogen) atoms. The number of hydrogen-bond donors (Lipinski definition) is 3. The van der Waals surface area contributed by atoms with Crippen LogP contribution in [0.3, 0.4) is 0 Å². The molecule has 8 nitrogen and oxygen atoms in total. The molecule has 1 saturated heterocycles. The lowest BCUT2D eigenvalue weighted by atomic mass is 9.90. The van der Waals surface area contributed by atoms with Crippen molar-refractivity contribution in [2.45, 2.75) is 31.3 Å². The van der Waals surface area contributed by atoms with E-state index < -0.39 is 16.9 Å². The average molecular weight is 398 g/mol. The van der Waals surface area contributed by atoms with E-state index in [0.29, 0.717) is 55.5 Å². The number of H-pyrrole nitrogens is 3. The smallest absolute Gasteiger partial charge is 0.328 e. The molecule has 2 aliphatic rings. The molecule has 9 heteroatoms. The van der Waals surface area contributed by atoms with Gasteiger partial charge in [0.05, 0.1) is 5.56 Å². The highest BCUT2D eigenvalue weighted by Crippen LogP contribution is 2.38. The van der Waals surface area contributed by atoms with Gasteiger partial charge in [0.15, 0.2) is 0 Å². The fraction of sp³-hybridized carbons (Fsp3) is 0.350.